The molecule has 0 bridgehead atoms. The van der Waals surface area contributed by atoms with Gasteiger partial charge in [-0.2, -0.15) is 18.2 Å². The van der Waals surface area contributed by atoms with Gasteiger partial charge in [0.05, 0.1) is 0 Å². The molecule has 0 N–H and O–H groups in total. The minimum Gasteiger partial charge on any atom is -0.333 e. The molecule has 2 fully saturated rings. The summed E-state index contributed by atoms with van der Waals surface area (Å²) >= 11 is 0. The molecule has 2 heterocycles. The lowest BCUT2D eigenvalue weighted by Gasteiger charge is -2.36. The van der Waals surface area contributed by atoms with Crippen LogP contribution >= 0.6 is 0 Å². The third-order valence-corrected chi connectivity index (χ3v) is 4.95. The van der Waals surface area contributed by atoms with Gasteiger partial charge < -0.3 is 9.42 Å². The molecular formula is C17H16F3N3O2. The fourth-order valence-corrected chi connectivity index (χ4v) is 3.42. The number of carbonyl (C=O) groups is 1. The van der Waals surface area contributed by atoms with Crippen LogP contribution in [0.5, 0.6) is 0 Å². The van der Waals surface area contributed by atoms with Crippen molar-refractivity contribution in [3.8, 4) is 11.4 Å². The Morgan fingerprint density at radius 2 is 1.88 bits per heavy atom. The number of hydrogen-bond donors (Lipinski definition) is 0. The van der Waals surface area contributed by atoms with E-state index in [0.29, 0.717) is 18.5 Å². The molecule has 25 heavy (non-hydrogen) atoms. The van der Waals surface area contributed by atoms with E-state index in [1.807, 2.05) is 4.90 Å². The summed E-state index contributed by atoms with van der Waals surface area (Å²) in [7, 11) is 0. The average Bonchev–Trinajstić information content (AvgIpc) is 3.14. The molecule has 2 aliphatic rings. The Balaban J connectivity index is 1.50. The van der Waals surface area contributed by atoms with Gasteiger partial charge in [0.15, 0.2) is 0 Å². The first-order chi connectivity index (χ1) is 11.9. The fraction of sp³-hybridized carbons (Fsp3) is 0.471. The lowest BCUT2D eigenvalue weighted by atomic mass is 9.98. The predicted molar refractivity (Wildman–Crippen MR) is 81.1 cm³/mol. The zero-order valence-electron chi connectivity index (χ0n) is 13.3. The van der Waals surface area contributed by atoms with E-state index in [1.54, 1.807) is 24.3 Å². The molecule has 0 radical (unpaired) electrons. The Hall–Kier alpha value is -2.38. The summed E-state index contributed by atoms with van der Waals surface area (Å²) < 4.78 is 41.8. The molecule has 1 amide bonds. The third-order valence-electron chi connectivity index (χ3n) is 4.95. The molecule has 0 atom stereocenters. The van der Waals surface area contributed by atoms with Crippen LogP contribution in [-0.4, -0.2) is 26.5 Å². The Morgan fingerprint density at radius 3 is 2.48 bits per heavy atom. The molecule has 132 valence electrons. The molecule has 4 rings (SSSR count). The minimum atomic E-state index is -4.65. The number of aromatic nitrogens is 2. The molecule has 1 aromatic heterocycles. The maximum Gasteiger partial charge on any atom is 0.471 e. The van der Waals surface area contributed by atoms with Crippen molar-refractivity contribution in [2.45, 2.75) is 50.4 Å². The van der Waals surface area contributed by atoms with Crippen molar-refractivity contribution < 1.29 is 22.5 Å². The number of piperidine rings is 1. The Bertz CT molecular complexity index is 794. The lowest BCUT2D eigenvalue weighted by molar-refractivity contribution is -0.159. The van der Waals surface area contributed by atoms with Crippen LogP contribution in [0.3, 0.4) is 0 Å². The van der Waals surface area contributed by atoms with E-state index in [1.165, 1.54) is 0 Å². The van der Waals surface area contributed by atoms with Crippen LogP contribution in [0, 0.1) is 0 Å². The van der Waals surface area contributed by atoms with E-state index >= 15 is 0 Å². The fourth-order valence-electron chi connectivity index (χ4n) is 3.42. The van der Waals surface area contributed by atoms with Gasteiger partial charge in [0.25, 0.3) is 0 Å². The number of amides is 1. The largest absolute Gasteiger partial charge is 0.471 e. The van der Waals surface area contributed by atoms with Gasteiger partial charge >= 0.3 is 12.1 Å². The van der Waals surface area contributed by atoms with E-state index in [2.05, 4.69) is 14.7 Å². The van der Waals surface area contributed by atoms with E-state index in [9.17, 15) is 18.0 Å². The van der Waals surface area contributed by atoms with Crippen molar-refractivity contribution >= 4 is 5.91 Å². The van der Waals surface area contributed by atoms with Gasteiger partial charge in [-0.1, -0.05) is 29.4 Å². The summed E-state index contributed by atoms with van der Waals surface area (Å²) in [4.78, 5) is 17.6. The molecule has 8 heteroatoms. The molecule has 1 aromatic carbocycles. The normalized spacial score (nSPS) is 19.5. The van der Waals surface area contributed by atoms with Crippen LogP contribution < -0.4 is 0 Å². The predicted octanol–water partition coefficient (Wildman–Crippen LogP) is 3.80. The molecule has 1 saturated carbocycles. The summed E-state index contributed by atoms with van der Waals surface area (Å²) in [6.07, 6.45) is 0.0503. The number of benzene rings is 1. The quantitative estimate of drug-likeness (QED) is 0.844. The number of nitrogens with zero attached hydrogens (tertiary/aromatic N) is 3. The highest BCUT2D eigenvalue weighted by Gasteiger charge is 2.51. The van der Waals surface area contributed by atoms with Gasteiger partial charge in [0.1, 0.15) is 0 Å². The zero-order valence-corrected chi connectivity index (χ0v) is 13.3. The number of likely N-dealkylation sites (tertiary alicyclic amines) is 1. The number of hydrogen-bond acceptors (Lipinski definition) is 4. The van der Waals surface area contributed by atoms with Crippen molar-refractivity contribution in [3.05, 3.63) is 35.7 Å². The van der Waals surface area contributed by atoms with Crippen LogP contribution in [0.25, 0.3) is 11.4 Å². The van der Waals surface area contributed by atoms with Gasteiger partial charge in [-0.05, 0) is 31.2 Å². The highest BCUT2D eigenvalue weighted by molar-refractivity contribution is 5.78. The van der Waals surface area contributed by atoms with Crippen molar-refractivity contribution in [2.24, 2.45) is 0 Å². The standard InChI is InChI=1S/C17H16F3N3O2/c18-17(19,20)15-21-14(22-25-15)12-5-3-11(4-6-12)10-23-13(24)2-1-7-16(23)8-9-16/h3-6H,1-2,7-10H2. The minimum absolute atomic E-state index is 0.0449. The molecule has 1 spiro atoms. The third kappa shape index (κ3) is 3.01. The van der Waals surface area contributed by atoms with E-state index in [0.717, 1.165) is 31.2 Å². The number of alkyl halides is 3. The molecular weight excluding hydrogens is 335 g/mol. The van der Waals surface area contributed by atoms with Crippen molar-refractivity contribution in [1.29, 1.82) is 0 Å². The van der Waals surface area contributed by atoms with Crippen LogP contribution in [0.15, 0.2) is 28.8 Å². The summed E-state index contributed by atoms with van der Waals surface area (Å²) in [6, 6.07) is 6.87. The Morgan fingerprint density at radius 1 is 1.16 bits per heavy atom. The second kappa shape index (κ2) is 5.57. The first-order valence-corrected chi connectivity index (χ1v) is 8.18. The first-order valence-electron chi connectivity index (χ1n) is 8.18. The highest BCUT2D eigenvalue weighted by Crippen LogP contribution is 2.49. The van der Waals surface area contributed by atoms with Gasteiger partial charge in [0.2, 0.25) is 11.7 Å². The summed E-state index contributed by atoms with van der Waals surface area (Å²) in [5.74, 6) is -1.28. The first kappa shape index (κ1) is 16.1. The van der Waals surface area contributed by atoms with E-state index in [-0.39, 0.29) is 17.3 Å². The van der Waals surface area contributed by atoms with E-state index < -0.39 is 12.1 Å². The highest BCUT2D eigenvalue weighted by atomic mass is 19.4. The van der Waals surface area contributed by atoms with Crippen LogP contribution in [-0.2, 0) is 17.5 Å². The maximum atomic E-state index is 12.5. The summed E-state index contributed by atoms with van der Waals surface area (Å²) in [6.45, 7) is 0.527. The molecule has 1 aliphatic carbocycles. The number of halogens is 3. The van der Waals surface area contributed by atoms with Crippen LogP contribution in [0.1, 0.15) is 43.6 Å². The van der Waals surface area contributed by atoms with Crippen molar-refractivity contribution in [2.75, 3.05) is 0 Å². The second-order valence-electron chi connectivity index (χ2n) is 6.68. The maximum absolute atomic E-state index is 12.5. The molecule has 1 saturated heterocycles. The van der Waals surface area contributed by atoms with Gasteiger partial charge in [-0.15, -0.1) is 0 Å². The monoisotopic (exact) mass is 351 g/mol. The Labute approximate surface area is 141 Å². The summed E-state index contributed by atoms with van der Waals surface area (Å²) in [5, 5.41) is 3.37. The van der Waals surface area contributed by atoms with Crippen LogP contribution in [0.2, 0.25) is 0 Å². The van der Waals surface area contributed by atoms with Gasteiger partial charge in [-0.3, -0.25) is 4.79 Å². The smallest absolute Gasteiger partial charge is 0.333 e. The average molecular weight is 351 g/mol. The summed E-state index contributed by atoms with van der Waals surface area (Å²) in [5.41, 5.74) is 1.42. The second-order valence-corrected chi connectivity index (χ2v) is 6.68. The number of rotatable bonds is 3. The molecule has 5 nitrogen and oxygen atoms in total. The Kier molecular flexibility index (Phi) is 3.59. The molecule has 2 aromatic rings. The van der Waals surface area contributed by atoms with Crippen LogP contribution in [0.4, 0.5) is 13.2 Å². The van der Waals surface area contributed by atoms with Crippen molar-refractivity contribution in [1.82, 2.24) is 15.0 Å². The molecule has 1 aliphatic heterocycles. The lowest BCUT2D eigenvalue weighted by Crippen LogP contribution is -2.44. The molecule has 0 unspecified atom stereocenters. The zero-order chi connectivity index (χ0) is 17.7. The SMILES string of the molecule is O=C1CCCC2(CC2)N1Cc1ccc(-c2noc(C(F)(F)F)n2)cc1. The number of carbonyl (C=O) groups excluding carboxylic acids is 1. The van der Waals surface area contributed by atoms with Crippen molar-refractivity contribution in [3.63, 3.8) is 0 Å². The van der Waals surface area contributed by atoms with E-state index in [4.69, 9.17) is 0 Å². The van der Waals surface area contributed by atoms with Gasteiger partial charge in [0, 0.05) is 24.1 Å². The van der Waals surface area contributed by atoms with Gasteiger partial charge in [-0.25, -0.2) is 0 Å². The topological polar surface area (TPSA) is 59.2 Å².